The maximum absolute atomic E-state index is 8.84. The Balaban J connectivity index is 2.10. The van der Waals surface area contributed by atoms with Gasteiger partial charge in [0.05, 0.1) is 44.7 Å². The highest BCUT2D eigenvalue weighted by atomic mass is 79.9. The highest BCUT2D eigenvalue weighted by Gasteiger charge is 2.00. The summed E-state index contributed by atoms with van der Waals surface area (Å²) in [7, 11) is 1.64. The first kappa shape index (κ1) is 16.9. The molecule has 0 atom stereocenters. The lowest BCUT2D eigenvalue weighted by molar-refractivity contribution is 0.0179. The summed E-state index contributed by atoms with van der Waals surface area (Å²) < 4.78 is 21.8. The fraction of sp³-hybridized carbons (Fsp3) is 0.500. The third kappa shape index (κ3) is 7.46. The highest BCUT2D eigenvalue weighted by molar-refractivity contribution is 9.10. The zero-order chi connectivity index (χ0) is 14.6. The Morgan fingerprint density at radius 2 is 1.65 bits per heavy atom. The maximum Gasteiger partial charge on any atom is 0.121 e. The average Bonchev–Trinajstić information content (AvgIpc) is 2.45. The summed E-state index contributed by atoms with van der Waals surface area (Å²) in [4.78, 5) is 0. The minimum absolute atomic E-state index is 0.430. The molecule has 6 heteroatoms. The first-order chi connectivity index (χ1) is 9.76. The molecule has 0 heterocycles. The van der Waals surface area contributed by atoms with Crippen LogP contribution in [0.3, 0.4) is 0 Å². The van der Waals surface area contributed by atoms with E-state index in [0.717, 1.165) is 4.47 Å². The Morgan fingerprint density at radius 3 is 2.30 bits per heavy atom. The van der Waals surface area contributed by atoms with E-state index >= 15 is 0 Å². The van der Waals surface area contributed by atoms with Crippen molar-refractivity contribution in [2.24, 2.45) is 0 Å². The summed E-state index contributed by atoms with van der Waals surface area (Å²) in [6.07, 6.45) is 0. The molecule has 0 amide bonds. The molecule has 0 aliphatic rings. The van der Waals surface area contributed by atoms with E-state index in [1.54, 1.807) is 19.2 Å². The van der Waals surface area contributed by atoms with Crippen LogP contribution in [0, 0.1) is 11.3 Å². The molecular formula is C14H18BrNO4. The smallest absolute Gasteiger partial charge is 0.121 e. The van der Waals surface area contributed by atoms with Gasteiger partial charge < -0.3 is 18.9 Å². The van der Waals surface area contributed by atoms with Gasteiger partial charge in [-0.15, -0.1) is 0 Å². The number of halogens is 1. The molecule has 0 N–H and O–H groups in total. The van der Waals surface area contributed by atoms with Crippen molar-refractivity contribution in [1.29, 1.82) is 5.26 Å². The molecule has 0 unspecified atom stereocenters. The Kier molecular flexibility index (Phi) is 9.00. The van der Waals surface area contributed by atoms with Crippen molar-refractivity contribution in [2.45, 2.75) is 0 Å². The van der Waals surface area contributed by atoms with Crippen molar-refractivity contribution in [2.75, 3.05) is 46.8 Å². The van der Waals surface area contributed by atoms with Gasteiger partial charge in [0.2, 0.25) is 0 Å². The molecular weight excluding hydrogens is 326 g/mol. The first-order valence-corrected chi connectivity index (χ1v) is 7.03. The lowest BCUT2D eigenvalue weighted by atomic mass is 10.2. The minimum Gasteiger partial charge on any atom is -0.491 e. The molecule has 20 heavy (non-hydrogen) atoms. The van der Waals surface area contributed by atoms with E-state index in [1.165, 1.54) is 0 Å². The SMILES string of the molecule is COCCOCCOCCOc1cc(Br)cc(C#N)c1. The van der Waals surface area contributed by atoms with Gasteiger partial charge in [0.15, 0.2) is 0 Å². The maximum atomic E-state index is 8.84. The molecule has 0 radical (unpaired) electrons. The predicted octanol–water partition coefficient (Wildman–Crippen LogP) is 2.38. The van der Waals surface area contributed by atoms with E-state index in [2.05, 4.69) is 22.0 Å². The van der Waals surface area contributed by atoms with Gasteiger partial charge in [0.25, 0.3) is 0 Å². The summed E-state index contributed by atoms with van der Waals surface area (Å²) >= 11 is 3.33. The standard InChI is InChI=1S/C14H18BrNO4/c1-17-2-3-18-4-5-19-6-7-20-14-9-12(11-16)8-13(15)10-14/h8-10H,2-7H2,1H3. The third-order valence-electron chi connectivity index (χ3n) is 2.30. The van der Waals surface area contributed by atoms with Gasteiger partial charge in [-0.25, -0.2) is 0 Å². The number of methoxy groups -OCH3 is 1. The van der Waals surface area contributed by atoms with Crippen molar-refractivity contribution in [1.82, 2.24) is 0 Å². The minimum atomic E-state index is 0.430. The van der Waals surface area contributed by atoms with Crippen LogP contribution in [0.25, 0.3) is 0 Å². The van der Waals surface area contributed by atoms with Crippen molar-refractivity contribution in [3.8, 4) is 11.8 Å². The van der Waals surface area contributed by atoms with E-state index in [4.69, 9.17) is 24.2 Å². The molecule has 0 aromatic heterocycles. The highest BCUT2D eigenvalue weighted by Crippen LogP contribution is 2.20. The van der Waals surface area contributed by atoms with Crippen molar-refractivity contribution in [3.05, 3.63) is 28.2 Å². The fourth-order valence-corrected chi connectivity index (χ4v) is 1.87. The first-order valence-electron chi connectivity index (χ1n) is 6.24. The average molecular weight is 344 g/mol. The van der Waals surface area contributed by atoms with Crippen molar-refractivity contribution in [3.63, 3.8) is 0 Å². The topological polar surface area (TPSA) is 60.7 Å². The Hall–Kier alpha value is -1.13. The fourth-order valence-electron chi connectivity index (χ4n) is 1.39. The zero-order valence-electron chi connectivity index (χ0n) is 11.4. The second-order valence-corrected chi connectivity index (χ2v) is 4.77. The molecule has 0 bridgehead atoms. The number of hydrogen-bond acceptors (Lipinski definition) is 5. The second kappa shape index (κ2) is 10.6. The van der Waals surface area contributed by atoms with Crippen LogP contribution in [-0.2, 0) is 14.2 Å². The van der Waals surface area contributed by atoms with Crippen molar-refractivity contribution >= 4 is 15.9 Å². The van der Waals surface area contributed by atoms with Gasteiger partial charge in [0.1, 0.15) is 12.4 Å². The third-order valence-corrected chi connectivity index (χ3v) is 2.76. The molecule has 1 aromatic carbocycles. The summed E-state index contributed by atoms with van der Waals surface area (Å²) in [6.45, 7) is 3.13. The van der Waals surface area contributed by atoms with Crippen LogP contribution < -0.4 is 4.74 Å². The summed E-state index contributed by atoms with van der Waals surface area (Å²) in [5.41, 5.74) is 0.557. The van der Waals surface area contributed by atoms with Crippen LogP contribution in [-0.4, -0.2) is 46.8 Å². The molecule has 5 nitrogen and oxygen atoms in total. The lowest BCUT2D eigenvalue weighted by Gasteiger charge is -2.08. The van der Waals surface area contributed by atoms with E-state index in [-0.39, 0.29) is 0 Å². The summed E-state index contributed by atoms with van der Waals surface area (Å²) in [5.74, 6) is 0.649. The van der Waals surface area contributed by atoms with E-state index in [1.807, 2.05) is 6.07 Å². The van der Waals surface area contributed by atoms with Crippen LogP contribution in [0.2, 0.25) is 0 Å². The largest absolute Gasteiger partial charge is 0.491 e. The number of hydrogen-bond donors (Lipinski definition) is 0. The Bertz CT molecular complexity index is 434. The lowest BCUT2D eigenvalue weighted by Crippen LogP contribution is -2.12. The van der Waals surface area contributed by atoms with Crippen LogP contribution >= 0.6 is 15.9 Å². The van der Waals surface area contributed by atoms with Gasteiger partial charge in [-0.05, 0) is 18.2 Å². The van der Waals surface area contributed by atoms with Crippen molar-refractivity contribution < 1.29 is 18.9 Å². The predicted molar refractivity (Wildman–Crippen MR) is 77.9 cm³/mol. The van der Waals surface area contributed by atoms with Crippen LogP contribution in [0.4, 0.5) is 0 Å². The van der Waals surface area contributed by atoms with Gasteiger partial charge in [0, 0.05) is 11.6 Å². The van der Waals surface area contributed by atoms with E-state index < -0.39 is 0 Å². The molecule has 0 aliphatic heterocycles. The Labute approximate surface area is 127 Å². The zero-order valence-corrected chi connectivity index (χ0v) is 13.0. The summed E-state index contributed by atoms with van der Waals surface area (Å²) in [6, 6.07) is 7.32. The monoisotopic (exact) mass is 343 g/mol. The molecule has 0 fully saturated rings. The molecule has 1 aromatic rings. The number of benzene rings is 1. The van der Waals surface area contributed by atoms with E-state index in [0.29, 0.717) is 51.0 Å². The summed E-state index contributed by atoms with van der Waals surface area (Å²) in [5, 5.41) is 8.84. The van der Waals surface area contributed by atoms with Crippen LogP contribution in [0.15, 0.2) is 22.7 Å². The van der Waals surface area contributed by atoms with Gasteiger partial charge >= 0.3 is 0 Å². The number of nitriles is 1. The second-order valence-electron chi connectivity index (χ2n) is 3.85. The number of ether oxygens (including phenoxy) is 4. The molecule has 1 rings (SSSR count). The molecule has 0 saturated carbocycles. The van der Waals surface area contributed by atoms with Crippen LogP contribution in [0.5, 0.6) is 5.75 Å². The van der Waals surface area contributed by atoms with Gasteiger partial charge in [-0.1, -0.05) is 15.9 Å². The van der Waals surface area contributed by atoms with Crippen LogP contribution in [0.1, 0.15) is 5.56 Å². The van der Waals surface area contributed by atoms with E-state index in [9.17, 15) is 0 Å². The van der Waals surface area contributed by atoms with Gasteiger partial charge in [-0.2, -0.15) is 5.26 Å². The molecule has 110 valence electrons. The normalized spacial score (nSPS) is 10.2. The molecule has 0 saturated heterocycles. The molecule has 0 spiro atoms. The number of rotatable bonds is 10. The number of nitrogens with zero attached hydrogens (tertiary/aromatic N) is 1. The Morgan fingerprint density at radius 1 is 1.00 bits per heavy atom. The molecule has 0 aliphatic carbocycles. The quantitative estimate of drug-likeness (QED) is 0.610. The van der Waals surface area contributed by atoms with Gasteiger partial charge in [-0.3, -0.25) is 0 Å².